The van der Waals surface area contributed by atoms with Crippen LogP contribution in [0.15, 0.2) is 54.7 Å². The third-order valence-corrected chi connectivity index (χ3v) is 4.38. The van der Waals surface area contributed by atoms with Gasteiger partial charge in [0.1, 0.15) is 0 Å². The van der Waals surface area contributed by atoms with Crippen LogP contribution < -0.4 is 0 Å². The summed E-state index contributed by atoms with van der Waals surface area (Å²) in [7, 11) is 1.97. The van der Waals surface area contributed by atoms with E-state index in [-0.39, 0.29) is 0 Å². The number of rotatable bonds is 1. The van der Waals surface area contributed by atoms with Crippen molar-refractivity contribution in [2.75, 3.05) is 13.6 Å². The summed E-state index contributed by atoms with van der Waals surface area (Å²) in [6, 6.07) is 15.7. The van der Waals surface area contributed by atoms with Gasteiger partial charge in [-0.15, -0.1) is 0 Å². The van der Waals surface area contributed by atoms with E-state index in [4.69, 9.17) is 0 Å². The van der Waals surface area contributed by atoms with Crippen molar-refractivity contribution >= 4 is 10.9 Å². The van der Waals surface area contributed by atoms with Crippen LogP contribution in [0.3, 0.4) is 0 Å². The van der Waals surface area contributed by atoms with Gasteiger partial charge in [0, 0.05) is 24.8 Å². The molecule has 3 aromatic rings. The van der Waals surface area contributed by atoms with E-state index in [0.29, 0.717) is 6.54 Å². The first-order chi connectivity index (χ1) is 10.2. The molecular weight excluding hydrogens is 263 g/mol. The molecule has 1 N–H and O–H groups in total. The minimum Gasteiger partial charge on any atom is -0.361 e. The second-order valence-corrected chi connectivity index (χ2v) is 5.91. The highest BCUT2D eigenvalue weighted by Gasteiger charge is 2.40. The maximum absolute atomic E-state index is 15.9. The number of H-pyrrole nitrogens is 1. The molecule has 1 atom stereocenters. The van der Waals surface area contributed by atoms with Crippen LogP contribution >= 0.6 is 0 Å². The number of likely N-dealkylation sites (N-methyl/N-ethyl adjacent to an activating group) is 1. The standard InChI is InChI=1S/C18H17FN2/c1-21-11-14-4-2-3-5-16(14)18(19,12-21)15-6-7-17-13(10-15)8-9-20-17/h2-10,20H,11-12H2,1H3. The molecule has 0 fully saturated rings. The summed E-state index contributed by atoms with van der Waals surface area (Å²) >= 11 is 0. The van der Waals surface area contributed by atoms with E-state index in [0.717, 1.165) is 34.1 Å². The molecule has 4 rings (SSSR count). The molecule has 2 heterocycles. The third-order valence-electron chi connectivity index (χ3n) is 4.38. The van der Waals surface area contributed by atoms with Gasteiger partial charge in [-0.1, -0.05) is 30.3 Å². The van der Waals surface area contributed by atoms with Crippen LogP contribution in [0, 0.1) is 0 Å². The smallest absolute Gasteiger partial charge is 0.173 e. The van der Waals surface area contributed by atoms with Gasteiger partial charge in [-0.2, -0.15) is 0 Å². The van der Waals surface area contributed by atoms with Gasteiger partial charge in [-0.25, -0.2) is 4.39 Å². The number of aromatic amines is 1. The Kier molecular flexibility index (Phi) is 2.66. The Bertz CT molecular complexity index is 808. The van der Waals surface area contributed by atoms with E-state index in [2.05, 4.69) is 4.98 Å². The van der Waals surface area contributed by atoms with Crippen molar-refractivity contribution in [3.8, 4) is 0 Å². The Labute approximate surface area is 123 Å². The predicted octanol–water partition coefficient (Wildman–Crippen LogP) is 3.83. The van der Waals surface area contributed by atoms with Crippen molar-refractivity contribution in [3.63, 3.8) is 0 Å². The molecule has 0 aliphatic carbocycles. The van der Waals surface area contributed by atoms with Gasteiger partial charge in [0.2, 0.25) is 0 Å². The van der Waals surface area contributed by atoms with E-state index in [9.17, 15) is 0 Å². The van der Waals surface area contributed by atoms with Gasteiger partial charge in [0.25, 0.3) is 0 Å². The van der Waals surface area contributed by atoms with Gasteiger partial charge in [0.05, 0.1) is 0 Å². The first-order valence-corrected chi connectivity index (χ1v) is 7.20. The van der Waals surface area contributed by atoms with Crippen molar-refractivity contribution in [2.24, 2.45) is 0 Å². The second-order valence-electron chi connectivity index (χ2n) is 5.91. The quantitative estimate of drug-likeness (QED) is 0.718. The maximum atomic E-state index is 15.9. The Balaban J connectivity index is 1.92. The predicted molar refractivity (Wildman–Crippen MR) is 83.0 cm³/mol. The molecule has 1 aromatic heterocycles. The SMILES string of the molecule is CN1Cc2ccccc2C(F)(c2ccc3[nH]ccc3c2)C1. The summed E-state index contributed by atoms with van der Waals surface area (Å²) in [5.41, 5.74) is 2.20. The first-order valence-electron chi connectivity index (χ1n) is 7.20. The van der Waals surface area contributed by atoms with E-state index < -0.39 is 5.67 Å². The Morgan fingerprint density at radius 2 is 2.00 bits per heavy atom. The average Bonchev–Trinajstić information content (AvgIpc) is 2.94. The number of fused-ring (bicyclic) bond motifs is 2. The zero-order valence-electron chi connectivity index (χ0n) is 11.9. The molecule has 0 bridgehead atoms. The zero-order chi connectivity index (χ0) is 14.4. The van der Waals surface area contributed by atoms with Crippen LogP contribution in [0.2, 0.25) is 0 Å². The van der Waals surface area contributed by atoms with E-state index >= 15 is 4.39 Å². The fourth-order valence-corrected chi connectivity index (χ4v) is 3.40. The van der Waals surface area contributed by atoms with Crippen LogP contribution in [0.5, 0.6) is 0 Å². The van der Waals surface area contributed by atoms with Crippen molar-refractivity contribution in [2.45, 2.75) is 12.2 Å². The molecular formula is C18H17FN2. The van der Waals surface area contributed by atoms with Crippen LogP contribution in [0.25, 0.3) is 10.9 Å². The van der Waals surface area contributed by atoms with Gasteiger partial charge in [-0.3, -0.25) is 4.90 Å². The number of benzene rings is 2. The average molecular weight is 280 g/mol. The summed E-state index contributed by atoms with van der Waals surface area (Å²) in [6.45, 7) is 1.19. The highest BCUT2D eigenvalue weighted by Crippen LogP contribution is 2.41. The topological polar surface area (TPSA) is 19.0 Å². The van der Waals surface area contributed by atoms with Gasteiger partial charge in [-0.05, 0) is 47.3 Å². The monoisotopic (exact) mass is 280 g/mol. The number of nitrogens with zero attached hydrogens (tertiary/aromatic N) is 1. The van der Waals surface area contributed by atoms with Crippen LogP contribution in [-0.2, 0) is 12.2 Å². The molecule has 1 aliphatic rings. The number of hydrogen-bond acceptors (Lipinski definition) is 1. The highest BCUT2D eigenvalue weighted by atomic mass is 19.1. The lowest BCUT2D eigenvalue weighted by molar-refractivity contribution is 0.121. The number of halogens is 1. The number of hydrogen-bond donors (Lipinski definition) is 1. The van der Waals surface area contributed by atoms with E-state index in [1.807, 2.05) is 66.7 Å². The molecule has 106 valence electrons. The molecule has 2 aromatic carbocycles. The zero-order valence-corrected chi connectivity index (χ0v) is 11.9. The lowest BCUT2D eigenvalue weighted by Crippen LogP contribution is -2.41. The summed E-state index contributed by atoms with van der Waals surface area (Å²) in [5.74, 6) is 0. The lowest BCUT2D eigenvalue weighted by atomic mass is 9.82. The summed E-state index contributed by atoms with van der Waals surface area (Å²) < 4.78 is 15.9. The van der Waals surface area contributed by atoms with Crippen LogP contribution in [-0.4, -0.2) is 23.5 Å². The summed E-state index contributed by atoms with van der Waals surface area (Å²) in [4.78, 5) is 5.20. The number of alkyl halides is 1. The molecule has 0 spiro atoms. The van der Waals surface area contributed by atoms with Crippen molar-refractivity contribution in [3.05, 3.63) is 71.4 Å². The minimum absolute atomic E-state index is 0.389. The Morgan fingerprint density at radius 1 is 1.14 bits per heavy atom. The Hall–Kier alpha value is -2.13. The second kappa shape index (κ2) is 4.43. The lowest BCUT2D eigenvalue weighted by Gasteiger charge is -2.37. The maximum Gasteiger partial charge on any atom is 0.173 e. The fraction of sp³-hybridized carbons (Fsp3) is 0.222. The minimum atomic E-state index is -1.45. The van der Waals surface area contributed by atoms with E-state index in [1.165, 1.54) is 0 Å². The van der Waals surface area contributed by atoms with Crippen LogP contribution in [0.4, 0.5) is 4.39 Å². The van der Waals surface area contributed by atoms with Gasteiger partial charge >= 0.3 is 0 Å². The first kappa shape index (κ1) is 12.6. The molecule has 0 saturated carbocycles. The number of nitrogens with one attached hydrogen (secondary N) is 1. The number of aromatic nitrogens is 1. The summed E-state index contributed by atoms with van der Waals surface area (Å²) in [6.07, 6.45) is 1.89. The van der Waals surface area contributed by atoms with Crippen molar-refractivity contribution < 1.29 is 4.39 Å². The fourth-order valence-electron chi connectivity index (χ4n) is 3.40. The molecule has 21 heavy (non-hydrogen) atoms. The molecule has 0 radical (unpaired) electrons. The normalized spacial score (nSPS) is 22.4. The van der Waals surface area contributed by atoms with Crippen LogP contribution in [0.1, 0.15) is 16.7 Å². The molecule has 0 saturated heterocycles. The van der Waals surface area contributed by atoms with Crippen molar-refractivity contribution in [1.29, 1.82) is 0 Å². The molecule has 3 heteroatoms. The van der Waals surface area contributed by atoms with E-state index in [1.54, 1.807) is 0 Å². The summed E-state index contributed by atoms with van der Waals surface area (Å²) in [5, 5.41) is 1.05. The third kappa shape index (κ3) is 1.88. The molecule has 2 nitrogen and oxygen atoms in total. The van der Waals surface area contributed by atoms with Gasteiger partial charge < -0.3 is 4.98 Å². The van der Waals surface area contributed by atoms with Crippen molar-refractivity contribution in [1.82, 2.24) is 9.88 Å². The molecule has 1 unspecified atom stereocenters. The highest BCUT2D eigenvalue weighted by molar-refractivity contribution is 5.80. The molecule has 1 aliphatic heterocycles. The van der Waals surface area contributed by atoms with Gasteiger partial charge in [0.15, 0.2) is 5.67 Å². The largest absolute Gasteiger partial charge is 0.361 e. The Morgan fingerprint density at radius 3 is 2.90 bits per heavy atom. The molecule has 0 amide bonds.